The van der Waals surface area contributed by atoms with Gasteiger partial charge in [-0.25, -0.2) is 0 Å². The first-order valence-corrected chi connectivity index (χ1v) is 11.2. The van der Waals surface area contributed by atoms with Crippen LogP contribution in [0.25, 0.3) is 6.08 Å². The number of carbonyl (C=O) groups excluding carboxylic acids is 3. The number of thioether (sulfide) groups is 1. The van der Waals surface area contributed by atoms with Crippen molar-refractivity contribution in [1.82, 2.24) is 4.90 Å². The second-order valence-electron chi connectivity index (χ2n) is 6.26. The molecule has 0 aromatic heterocycles. The second-order valence-corrected chi connectivity index (χ2v) is 8.82. The first-order chi connectivity index (χ1) is 14.8. The molecule has 0 N–H and O–H groups in total. The van der Waals surface area contributed by atoms with Gasteiger partial charge in [-0.3, -0.25) is 19.3 Å². The summed E-state index contributed by atoms with van der Waals surface area (Å²) in [5.41, 5.74) is 1.49. The van der Waals surface area contributed by atoms with Crippen LogP contribution in [-0.4, -0.2) is 42.8 Å². The molecule has 2 aromatic rings. The second kappa shape index (κ2) is 10.4. The summed E-state index contributed by atoms with van der Waals surface area (Å²) in [7, 11) is 2.71. The van der Waals surface area contributed by atoms with E-state index >= 15 is 0 Å². The van der Waals surface area contributed by atoms with Gasteiger partial charge in [-0.2, -0.15) is 0 Å². The number of methoxy groups -OCH3 is 2. The number of hydrogen-bond acceptors (Lipinski definition) is 7. The SMILES string of the molecule is COC(=O)CN1C(=O)S/C(=C\c2cc(I)c(OCc3ccccc3Cl)c(OC)c2)C1=O. The summed E-state index contributed by atoms with van der Waals surface area (Å²) < 4.78 is 16.7. The standard InChI is InChI=1S/C21H17ClINO6S/c1-28-16-8-12(9-17-20(26)24(21(27)31-17)10-18(25)29-2)7-15(23)19(16)30-11-13-5-3-4-6-14(13)22/h3-9H,10-11H2,1-2H3/b17-9-. The Balaban J connectivity index is 1.83. The Morgan fingerprint density at radius 3 is 2.65 bits per heavy atom. The molecule has 162 valence electrons. The van der Waals surface area contributed by atoms with Gasteiger partial charge < -0.3 is 14.2 Å². The third-order valence-corrected chi connectivity index (χ3v) is 6.35. The molecule has 0 unspecified atom stereocenters. The fraction of sp³-hybridized carbons (Fsp3) is 0.190. The third kappa shape index (κ3) is 5.52. The summed E-state index contributed by atoms with van der Waals surface area (Å²) in [5.74, 6) is -0.203. The number of esters is 1. The van der Waals surface area contributed by atoms with Crippen LogP contribution in [0, 0.1) is 3.57 Å². The Labute approximate surface area is 201 Å². The minimum Gasteiger partial charge on any atom is -0.493 e. The highest BCUT2D eigenvalue weighted by Crippen LogP contribution is 2.37. The van der Waals surface area contributed by atoms with Gasteiger partial charge in [0.2, 0.25) is 0 Å². The molecule has 1 saturated heterocycles. The van der Waals surface area contributed by atoms with Crippen molar-refractivity contribution in [3.05, 3.63) is 61.0 Å². The molecular formula is C21H17ClINO6S. The van der Waals surface area contributed by atoms with Crippen molar-refractivity contribution in [1.29, 1.82) is 0 Å². The first kappa shape index (κ1) is 23.4. The van der Waals surface area contributed by atoms with E-state index in [0.29, 0.717) is 22.1 Å². The quantitative estimate of drug-likeness (QED) is 0.269. The minimum absolute atomic E-state index is 0.205. The van der Waals surface area contributed by atoms with Crippen molar-refractivity contribution in [3.8, 4) is 11.5 Å². The molecule has 1 aliphatic rings. The average Bonchev–Trinajstić information content (AvgIpc) is 3.00. The van der Waals surface area contributed by atoms with E-state index in [1.807, 2.05) is 18.2 Å². The van der Waals surface area contributed by atoms with Gasteiger partial charge in [0, 0.05) is 10.6 Å². The van der Waals surface area contributed by atoms with Crippen molar-refractivity contribution < 1.29 is 28.6 Å². The number of carbonyl (C=O) groups is 3. The molecule has 1 fully saturated rings. The predicted octanol–water partition coefficient (Wildman–Crippen LogP) is 4.74. The molecule has 0 saturated carbocycles. The van der Waals surface area contributed by atoms with Crippen molar-refractivity contribution in [2.75, 3.05) is 20.8 Å². The molecule has 1 heterocycles. The van der Waals surface area contributed by atoms with Crippen LogP contribution in [0.15, 0.2) is 41.3 Å². The third-order valence-electron chi connectivity index (χ3n) is 4.27. The van der Waals surface area contributed by atoms with Gasteiger partial charge in [-0.05, 0) is 64.2 Å². The molecule has 0 bridgehead atoms. The lowest BCUT2D eigenvalue weighted by Crippen LogP contribution is -2.34. The number of rotatable bonds is 7. The van der Waals surface area contributed by atoms with E-state index in [9.17, 15) is 14.4 Å². The van der Waals surface area contributed by atoms with Crippen molar-refractivity contribution >= 4 is 69.1 Å². The average molecular weight is 574 g/mol. The zero-order valence-electron chi connectivity index (χ0n) is 16.5. The fourth-order valence-corrected chi connectivity index (χ4v) is 4.52. The lowest BCUT2D eigenvalue weighted by Gasteiger charge is -2.14. The van der Waals surface area contributed by atoms with Crippen LogP contribution in [0.5, 0.6) is 11.5 Å². The molecule has 7 nitrogen and oxygen atoms in total. The van der Waals surface area contributed by atoms with Gasteiger partial charge in [0.1, 0.15) is 13.2 Å². The first-order valence-electron chi connectivity index (χ1n) is 8.90. The molecule has 2 aromatic carbocycles. The lowest BCUT2D eigenvalue weighted by atomic mass is 10.1. The van der Waals surface area contributed by atoms with Gasteiger partial charge in [0.25, 0.3) is 11.1 Å². The number of nitrogens with zero attached hydrogens (tertiary/aromatic N) is 1. The zero-order chi connectivity index (χ0) is 22.5. The summed E-state index contributed by atoms with van der Waals surface area (Å²) in [5, 5.41) is 0.0822. The Hall–Kier alpha value is -2.24. The Morgan fingerprint density at radius 2 is 1.97 bits per heavy atom. The highest BCUT2D eigenvalue weighted by Gasteiger charge is 2.36. The molecule has 0 spiro atoms. The van der Waals surface area contributed by atoms with E-state index in [-0.39, 0.29) is 11.5 Å². The molecule has 0 atom stereocenters. The van der Waals surface area contributed by atoms with Gasteiger partial charge in [-0.15, -0.1) is 0 Å². The maximum absolute atomic E-state index is 12.5. The lowest BCUT2D eigenvalue weighted by molar-refractivity contribution is -0.143. The molecule has 3 rings (SSSR count). The zero-order valence-corrected chi connectivity index (χ0v) is 20.2. The van der Waals surface area contributed by atoms with E-state index in [1.54, 1.807) is 24.3 Å². The molecule has 0 radical (unpaired) electrons. The van der Waals surface area contributed by atoms with Crippen LogP contribution in [0.4, 0.5) is 4.79 Å². The number of benzene rings is 2. The molecule has 10 heteroatoms. The normalized spacial score (nSPS) is 14.8. The Morgan fingerprint density at radius 1 is 1.23 bits per heavy atom. The van der Waals surface area contributed by atoms with Gasteiger partial charge in [0.05, 0.1) is 22.7 Å². The van der Waals surface area contributed by atoms with Gasteiger partial charge in [-0.1, -0.05) is 29.8 Å². The smallest absolute Gasteiger partial charge is 0.325 e. The maximum Gasteiger partial charge on any atom is 0.325 e. The number of halogens is 2. The Kier molecular flexibility index (Phi) is 7.84. The summed E-state index contributed by atoms with van der Waals surface area (Å²) in [6, 6.07) is 10.9. The molecule has 0 aliphatic carbocycles. The molecular weight excluding hydrogens is 557 g/mol. The van der Waals surface area contributed by atoms with Crippen LogP contribution in [0.3, 0.4) is 0 Å². The van der Waals surface area contributed by atoms with E-state index in [1.165, 1.54) is 14.2 Å². The van der Waals surface area contributed by atoms with Gasteiger partial charge in [0.15, 0.2) is 11.5 Å². The van der Waals surface area contributed by atoms with Crippen LogP contribution >= 0.6 is 46.0 Å². The largest absolute Gasteiger partial charge is 0.493 e. The van der Waals surface area contributed by atoms with Crippen LogP contribution < -0.4 is 9.47 Å². The van der Waals surface area contributed by atoms with Crippen LogP contribution in [-0.2, 0) is 20.9 Å². The summed E-state index contributed by atoms with van der Waals surface area (Å²) >= 11 is 9.06. The number of imide groups is 1. The summed E-state index contributed by atoms with van der Waals surface area (Å²) in [6.45, 7) is -0.161. The fourth-order valence-electron chi connectivity index (χ4n) is 2.71. The number of ether oxygens (including phenoxy) is 3. The number of amides is 2. The van der Waals surface area contributed by atoms with Crippen molar-refractivity contribution in [2.24, 2.45) is 0 Å². The Bertz CT molecular complexity index is 1070. The highest BCUT2D eigenvalue weighted by atomic mass is 127. The van der Waals surface area contributed by atoms with Crippen LogP contribution in [0.2, 0.25) is 5.02 Å². The topological polar surface area (TPSA) is 82.1 Å². The van der Waals surface area contributed by atoms with Crippen molar-refractivity contribution in [3.63, 3.8) is 0 Å². The highest BCUT2D eigenvalue weighted by molar-refractivity contribution is 14.1. The molecule has 31 heavy (non-hydrogen) atoms. The maximum atomic E-state index is 12.5. The monoisotopic (exact) mass is 573 g/mol. The van der Waals surface area contributed by atoms with E-state index in [4.69, 9.17) is 21.1 Å². The predicted molar refractivity (Wildman–Crippen MR) is 126 cm³/mol. The molecule has 2 amide bonds. The summed E-state index contributed by atoms with van der Waals surface area (Å²) in [6.07, 6.45) is 1.57. The molecule has 1 aliphatic heterocycles. The van der Waals surface area contributed by atoms with Gasteiger partial charge >= 0.3 is 5.97 Å². The van der Waals surface area contributed by atoms with Crippen molar-refractivity contribution in [2.45, 2.75) is 6.61 Å². The van der Waals surface area contributed by atoms with E-state index < -0.39 is 23.7 Å². The summed E-state index contributed by atoms with van der Waals surface area (Å²) in [4.78, 5) is 37.1. The van der Waals surface area contributed by atoms with E-state index in [2.05, 4.69) is 27.3 Å². The minimum atomic E-state index is -0.667. The van der Waals surface area contributed by atoms with E-state index in [0.717, 1.165) is 25.8 Å². The van der Waals surface area contributed by atoms with Crippen LogP contribution in [0.1, 0.15) is 11.1 Å². The number of hydrogen-bond donors (Lipinski definition) is 0.